The summed E-state index contributed by atoms with van der Waals surface area (Å²) in [5, 5.41) is 8.77. The Labute approximate surface area is 92.2 Å². The molecule has 2 N–H and O–H groups in total. The maximum absolute atomic E-state index is 10.7. The lowest BCUT2D eigenvalue weighted by molar-refractivity contribution is 0.0691. The smallest absolute Gasteiger partial charge is 0.353 e. The highest BCUT2D eigenvalue weighted by Gasteiger charge is 2.11. The molecular formula is C11H11N3O2. The Morgan fingerprint density at radius 3 is 2.62 bits per heavy atom. The Bertz CT molecular complexity index is 546. The lowest BCUT2D eigenvalue weighted by atomic mass is 10.1. The van der Waals surface area contributed by atoms with Crippen LogP contribution in [0.25, 0.3) is 11.5 Å². The number of hydrogen-bond acceptors (Lipinski definition) is 3. The van der Waals surface area contributed by atoms with Gasteiger partial charge in [0.1, 0.15) is 11.4 Å². The first kappa shape index (κ1) is 10.4. The summed E-state index contributed by atoms with van der Waals surface area (Å²) in [6, 6.07) is 1.98. The first-order valence-corrected chi connectivity index (χ1v) is 4.80. The number of rotatable bonds is 2. The Morgan fingerprint density at radius 1 is 1.31 bits per heavy atom. The maximum Gasteiger partial charge on any atom is 0.353 e. The van der Waals surface area contributed by atoms with Crippen LogP contribution in [0, 0.1) is 13.8 Å². The third-order valence-electron chi connectivity index (χ3n) is 2.25. The van der Waals surface area contributed by atoms with Gasteiger partial charge in [-0.1, -0.05) is 6.07 Å². The van der Waals surface area contributed by atoms with Gasteiger partial charge in [0, 0.05) is 6.20 Å². The summed E-state index contributed by atoms with van der Waals surface area (Å²) in [6.45, 7) is 3.87. The molecule has 5 nitrogen and oxygen atoms in total. The number of nitrogens with zero attached hydrogens (tertiary/aromatic N) is 2. The van der Waals surface area contributed by atoms with Crippen LogP contribution in [0.2, 0.25) is 0 Å². The molecule has 2 aromatic rings. The summed E-state index contributed by atoms with van der Waals surface area (Å²) in [6.07, 6.45) is 3.02. The van der Waals surface area contributed by atoms with E-state index in [0.29, 0.717) is 11.5 Å². The summed E-state index contributed by atoms with van der Waals surface area (Å²) in [5.74, 6) is -0.543. The predicted octanol–water partition coefficient (Wildman–Crippen LogP) is 1.79. The fourth-order valence-corrected chi connectivity index (χ4v) is 1.51. The van der Waals surface area contributed by atoms with Crippen LogP contribution < -0.4 is 0 Å². The third-order valence-corrected chi connectivity index (χ3v) is 2.25. The molecule has 0 aliphatic rings. The summed E-state index contributed by atoms with van der Waals surface area (Å²) in [4.78, 5) is 21.6. The highest BCUT2D eigenvalue weighted by molar-refractivity contribution is 5.85. The van der Waals surface area contributed by atoms with Gasteiger partial charge in [-0.3, -0.25) is 4.98 Å². The standard InChI is InChI=1S/C11H11N3O2/c1-6-3-7(2)9(12-4-6)10-13-5-8(14-10)11(15)16/h3-5H,1-2H3,(H,13,14)(H,15,16). The number of hydrogen-bond donors (Lipinski definition) is 2. The quantitative estimate of drug-likeness (QED) is 0.803. The molecule has 0 atom stereocenters. The van der Waals surface area contributed by atoms with Crippen LogP contribution in [-0.2, 0) is 0 Å². The predicted molar refractivity (Wildman–Crippen MR) is 58.3 cm³/mol. The van der Waals surface area contributed by atoms with Crippen molar-refractivity contribution in [2.45, 2.75) is 13.8 Å². The fourth-order valence-electron chi connectivity index (χ4n) is 1.51. The second-order valence-corrected chi connectivity index (χ2v) is 3.63. The van der Waals surface area contributed by atoms with Gasteiger partial charge in [0.05, 0.1) is 6.20 Å². The molecule has 16 heavy (non-hydrogen) atoms. The zero-order valence-electron chi connectivity index (χ0n) is 8.98. The average Bonchev–Trinajstić information content (AvgIpc) is 2.66. The topological polar surface area (TPSA) is 78.9 Å². The molecule has 0 radical (unpaired) electrons. The maximum atomic E-state index is 10.7. The number of carboxylic acids is 1. The number of H-pyrrole nitrogens is 1. The monoisotopic (exact) mass is 217 g/mol. The molecular weight excluding hydrogens is 206 g/mol. The lowest BCUT2D eigenvalue weighted by Gasteiger charge is -2.02. The normalized spacial score (nSPS) is 10.4. The minimum Gasteiger partial charge on any atom is -0.477 e. The van der Waals surface area contributed by atoms with Gasteiger partial charge in [0.25, 0.3) is 0 Å². The zero-order valence-corrected chi connectivity index (χ0v) is 8.98. The molecule has 5 heteroatoms. The van der Waals surface area contributed by atoms with Crippen molar-refractivity contribution in [3.63, 3.8) is 0 Å². The van der Waals surface area contributed by atoms with Crippen LogP contribution in [-0.4, -0.2) is 26.0 Å². The highest BCUT2D eigenvalue weighted by Crippen LogP contribution is 2.18. The van der Waals surface area contributed by atoms with Crippen molar-refractivity contribution in [2.75, 3.05) is 0 Å². The molecule has 0 amide bonds. The number of carboxylic acid groups (broad SMARTS) is 1. The number of aromatic carboxylic acids is 1. The molecule has 82 valence electrons. The van der Waals surface area contributed by atoms with Crippen LogP contribution in [0.4, 0.5) is 0 Å². The Morgan fingerprint density at radius 2 is 2.06 bits per heavy atom. The Kier molecular flexibility index (Phi) is 2.44. The third kappa shape index (κ3) is 1.79. The van der Waals surface area contributed by atoms with Crippen molar-refractivity contribution in [2.24, 2.45) is 0 Å². The molecule has 0 aromatic carbocycles. The molecule has 0 unspecified atom stereocenters. The van der Waals surface area contributed by atoms with Gasteiger partial charge in [0.15, 0.2) is 5.82 Å². The van der Waals surface area contributed by atoms with Crippen molar-refractivity contribution >= 4 is 5.97 Å². The van der Waals surface area contributed by atoms with Crippen molar-refractivity contribution < 1.29 is 9.90 Å². The summed E-state index contributed by atoms with van der Waals surface area (Å²) in [7, 11) is 0. The molecule has 0 bridgehead atoms. The van der Waals surface area contributed by atoms with E-state index in [1.54, 1.807) is 6.20 Å². The van der Waals surface area contributed by atoms with Gasteiger partial charge in [-0.2, -0.15) is 0 Å². The first-order valence-electron chi connectivity index (χ1n) is 4.80. The molecule has 0 aliphatic carbocycles. The van der Waals surface area contributed by atoms with Crippen molar-refractivity contribution in [1.82, 2.24) is 15.0 Å². The van der Waals surface area contributed by atoms with E-state index >= 15 is 0 Å². The van der Waals surface area contributed by atoms with Crippen LogP contribution in [0.5, 0.6) is 0 Å². The average molecular weight is 217 g/mol. The van der Waals surface area contributed by atoms with Crippen LogP contribution in [0.1, 0.15) is 21.6 Å². The second kappa shape index (κ2) is 3.77. The molecule has 2 rings (SSSR count). The lowest BCUT2D eigenvalue weighted by Crippen LogP contribution is -1.96. The molecule has 0 saturated heterocycles. The largest absolute Gasteiger partial charge is 0.477 e. The van der Waals surface area contributed by atoms with Gasteiger partial charge in [-0.15, -0.1) is 0 Å². The number of pyridine rings is 1. The summed E-state index contributed by atoms with van der Waals surface area (Å²) in [5.41, 5.74) is 2.77. The molecule has 0 spiro atoms. The van der Waals surface area contributed by atoms with Crippen molar-refractivity contribution in [1.29, 1.82) is 0 Å². The highest BCUT2D eigenvalue weighted by atomic mass is 16.4. The Hall–Kier alpha value is -2.17. The number of carbonyl (C=O) groups is 1. The van der Waals surface area contributed by atoms with Gasteiger partial charge < -0.3 is 10.1 Å². The van der Waals surface area contributed by atoms with Gasteiger partial charge in [-0.05, 0) is 25.0 Å². The van der Waals surface area contributed by atoms with Crippen molar-refractivity contribution in [3.8, 4) is 11.5 Å². The summed E-state index contributed by atoms with van der Waals surface area (Å²) < 4.78 is 0. The molecule has 0 saturated carbocycles. The SMILES string of the molecule is Cc1cnc(-c2ncc(C(=O)O)[nH]2)c(C)c1. The molecule has 2 aromatic heterocycles. The fraction of sp³-hybridized carbons (Fsp3) is 0.182. The van der Waals surface area contributed by atoms with Gasteiger partial charge in [-0.25, -0.2) is 9.78 Å². The number of aromatic nitrogens is 3. The molecule has 0 aliphatic heterocycles. The zero-order chi connectivity index (χ0) is 11.7. The number of aromatic amines is 1. The Balaban J connectivity index is 2.46. The number of nitrogens with one attached hydrogen (secondary N) is 1. The van der Waals surface area contributed by atoms with E-state index in [1.165, 1.54) is 6.20 Å². The summed E-state index contributed by atoms with van der Waals surface area (Å²) >= 11 is 0. The van der Waals surface area contributed by atoms with E-state index in [-0.39, 0.29) is 5.69 Å². The minimum absolute atomic E-state index is 0.0665. The number of imidazole rings is 1. The first-order chi connectivity index (χ1) is 7.58. The van der Waals surface area contributed by atoms with E-state index in [4.69, 9.17) is 5.11 Å². The van der Waals surface area contributed by atoms with E-state index in [0.717, 1.165) is 11.1 Å². The van der Waals surface area contributed by atoms with E-state index < -0.39 is 5.97 Å². The van der Waals surface area contributed by atoms with E-state index in [1.807, 2.05) is 19.9 Å². The molecule has 0 fully saturated rings. The molecule has 2 heterocycles. The van der Waals surface area contributed by atoms with Crippen LogP contribution >= 0.6 is 0 Å². The minimum atomic E-state index is -1.02. The van der Waals surface area contributed by atoms with E-state index in [9.17, 15) is 4.79 Å². The van der Waals surface area contributed by atoms with Gasteiger partial charge >= 0.3 is 5.97 Å². The van der Waals surface area contributed by atoms with E-state index in [2.05, 4.69) is 15.0 Å². The van der Waals surface area contributed by atoms with Crippen molar-refractivity contribution in [3.05, 3.63) is 35.3 Å². The number of aryl methyl sites for hydroxylation is 2. The second-order valence-electron chi connectivity index (χ2n) is 3.63. The van der Waals surface area contributed by atoms with Crippen LogP contribution in [0.3, 0.4) is 0 Å². The van der Waals surface area contributed by atoms with Crippen LogP contribution in [0.15, 0.2) is 18.5 Å². The van der Waals surface area contributed by atoms with Gasteiger partial charge in [0.2, 0.25) is 0 Å².